The van der Waals surface area contributed by atoms with Crippen molar-refractivity contribution in [3.8, 4) is 0 Å². The summed E-state index contributed by atoms with van der Waals surface area (Å²) in [6.07, 6.45) is 0.795. The topological polar surface area (TPSA) is 61.4 Å². The molecule has 0 radical (unpaired) electrons. The molecule has 1 fully saturated rings. The lowest BCUT2D eigenvalue weighted by Crippen LogP contribution is -2.48. The molecule has 158 valence electrons. The average Bonchev–Trinajstić information content (AvgIpc) is 3.17. The third-order valence-electron chi connectivity index (χ3n) is 6.38. The van der Waals surface area contributed by atoms with Gasteiger partial charge in [0.15, 0.2) is 0 Å². The van der Waals surface area contributed by atoms with Gasteiger partial charge >= 0.3 is 0 Å². The van der Waals surface area contributed by atoms with E-state index in [4.69, 9.17) is 0 Å². The van der Waals surface area contributed by atoms with Gasteiger partial charge in [-0.25, -0.2) is 0 Å². The lowest BCUT2D eigenvalue weighted by molar-refractivity contribution is -0.131. The van der Waals surface area contributed by atoms with E-state index < -0.39 is 11.5 Å². The standard InChI is InChI=1S/C24H28BrN3O2/c1-14(2)12-19-24(17-11-10-16(25)13-18(17)26-23(24)30)20(15-8-6-5-7-9-15)21(27-19)22(29)28(3)4/h5-11,13-14,19-21,27H,12H2,1-4H3,(H,26,30)/t19-,20+,21-,24+/m1/s1. The van der Waals surface area contributed by atoms with Crippen LogP contribution in [0.1, 0.15) is 37.3 Å². The molecule has 0 unspecified atom stereocenters. The predicted octanol–water partition coefficient (Wildman–Crippen LogP) is 3.90. The number of amides is 2. The van der Waals surface area contributed by atoms with Crippen LogP contribution in [0.15, 0.2) is 53.0 Å². The zero-order chi connectivity index (χ0) is 21.6. The van der Waals surface area contributed by atoms with Gasteiger partial charge in [0.25, 0.3) is 0 Å². The number of benzene rings is 2. The van der Waals surface area contributed by atoms with Crippen molar-refractivity contribution in [2.45, 2.75) is 43.7 Å². The number of fused-ring (bicyclic) bond motifs is 2. The lowest BCUT2D eigenvalue weighted by Gasteiger charge is -2.36. The van der Waals surface area contributed by atoms with Crippen molar-refractivity contribution in [1.82, 2.24) is 10.2 Å². The maximum absolute atomic E-state index is 13.8. The number of hydrogen-bond donors (Lipinski definition) is 2. The molecule has 2 heterocycles. The molecule has 6 heteroatoms. The van der Waals surface area contributed by atoms with Gasteiger partial charge in [-0.3, -0.25) is 9.59 Å². The minimum absolute atomic E-state index is 0.00662. The first-order chi connectivity index (χ1) is 14.3. The van der Waals surface area contributed by atoms with Crippen LogP contribution in [0.5, 0.6) is 0 Å². The van der Waals surface area contributed by atoms with Crippen LogP contribution in [-0.4, -0.2) is 42.9 Å². The fraction of sp³-hybridized carbons (Fsp3) is 0.417. The monoisotopic (exact) mass is 469 g/mol. The van der Waals surface area contributed by atoms with E-state index >= 15 is 0 Å². The number of halogens is 1. The van der Waals surface area contributed by atoms with Gasteiger partial charge in [-0.1, -0.05) is 66.2 Å². The summed E-state index contributed by atoms with van der Waals surface area (Å²) < 4.78 is 0.919. The number of rotatable bonds is 4. The van der Waals surface area contributed by atoms with E-state index in [1.807, 2.05) is 48.5 Å². The smallest absolute Gasteiger partial charge is 0.239 e. The van der Waals surface area contributed by atoms with Gasteiger partial charge < -0.3 is 15.5 Å². The minimum atomic E-state index is -0.849. The van der Waals surface area contributed by atoms with Gasteiger partial charge in [-0.2, -0.15) is 0 Å². The Hall–Kier alpha value is -2.18. The Bertz CT molecular complexity index is 976. The fourth-order valence-corrected chi connectivity index (χ4v) is 5.60. The van der Waals surface area contributed by atoms with Crippen molar-refractivity contribution >= 4 is 33.4 Å². The summed E-state index contributed by atoms with van der Waals surface area (Å²) in [7, 11) is 3.54. The highest BCUT2D eigenvalue weighted by atomic mass is 79.9. The van der Waals surface area contributed by atoms with Crippen molar-refractivity contribution < 1.29 is 9.59 Å². The van der Waals surface area contributed by atoms with Crippen LogP contribution < -0.4 is 10.6 Å². The van der Waals surface area contributed by atoms with Crippen molar-refractivity contribution in [2.24, 2.45) is 5.92 Å². The maximum Gasteiger partial charge on any atom is 0.239 e. The van der Waals surface area contributed by atoms with Crippen LogP contribution in [0.25, 0.3) is 0 Å². The molecule has 5 nitrogen and oxygen atoms in total. The fourth-order valence-electron chi connectivity index (χ4n) is 5.24. The molecule has 2 N–H and O–H groups in total. The quantitative estimate of drug-likeness (QED) is 0.713. The van der Waals surface area contributed by atoms with Crippen LogP contribution >= 0.6 is 15.9 Å². The molecule has 1 spiro atoms. The molecule has 0 aromatic heterocycles. The predicted molar refractivity (Wildman–Crippen MR) is 122 cm³/mol. The number of nitrogens with zero attached hydrogens (tertiary/aromatic N) is 1. The molecule has 4 atom stereocenters. The second kappa shape index (κ2) is 7.82. The summed E-state index contributed by atoms with van der Waals surface area (Å²) in [6.45, 7) is 4.31. The SMILES string of the molecule is CC(C)C[C@H]1N[C@@H](C(=O)N(C)C)[C@H](c2ccccc2)[C@@]12C(=O)Nc1cc(Br)ccc12. The Morgan fingerprint density at radius 1 is 1.17 bits per heavy atom. The van der Waals surface area contributed by atoms with E-state index in [9.17, 15) is 9.59 Å². The summed E-state index contributed by atoms with van der Waals surface area (Å²) >= 11 is 3.52. The molecule has 30 heavy (non-hydrogen) atoms. The van der Waals surface area contributed by atoms with Crippen molar-refractivity contribution in [3.05, 3.63) is 64.1 Å². The zero-order valence-electron chi connectivity index (χ0n) is 17.8. The second-order valence-electron chi connectivity index (χ2n) is 8.96. The highest BCUT2D eigenvalue weighted by Gasteiger charge is 2.65. The van der Waals surface area contributed by atoms with Gasteiger partial charge in [0.2, 0.25) is 11.8 Å². The Kier molecular flexibility index (Phi) is 5.49. The molecule has 0 bridgehead atoms. The number of nitrogens with one attached hydrogen (secondary N) is 2. The van der Waals surface area contributed by atoms with Gasteiger partial charge in [0.05, 0.1) is 6.04 Å². The minimum Gasteiger partial charge on any atom is -0.347 e. The molecule has 0 aliphatic carbocycles. The maximum atomic E-state index is 13.8. The third kappa shape index (κ3) is 3.17. The molecule has 0 saturated carbocycles. The lowest BCUT2D eigenvalue weighted by atomic mass is 9.63. The van der Waals surface area contributed by atoms with E-state index in [1.54, 1.807) is 19.0 Å². The molecule has 2 aliphatic heterocycles. The summed E-state index contributed by atoms with van der Waals surface area (Å²) in [5, 5.41) is 6.74. The highest BCUT2D eigenvalue weighted by molar-refractivity contribution is 9.10. The highest BCUT2D eigenvalue weighted by Crippen LogP contribution is 2.56. The van der Waals surface area contributed by atoms with E-state index in [-0.39, 0.29) is 23.8 Å². The number of anilines is 1. The van der Waals surface area contributed by atoms with Crippen LogP contribution in [0.2, 0.25) is 0 Å². The summed E-state index contributed by atoms with van der Waals surface area (Å²) in [5.41, 5.74) is 1.95. The molecule has 1 saturated heterocycles. The summed E-state index contributed by atoms with van der Waals surface area (Å²) in [5.74, 6) is 0.0283. The van der Waals surface area contributed by atoms with Gasteiger partial charge in [0, 0.05) is 36.2 Å². The van der Waals surface area contributed by atoms with E-state index in [0.717, 1.165) is 27.7 Å². The van der Waals surface area contributed by atoms with Gasteiger partial charge in [-0.15, -0.1) is 0 Å². The van der Waals surface area contributed by atoms with E-state index in [1.165, 1.54) is 0 Å². The number of hydrogen-bond acceptors (Lipinski definition) is 3. The number of carbonyl (C=O) groups is 2. The van der Waals surface area contributed by atoms with E-state index in [2.05, 4.69) is 40.4 Å². The zero-order valence-corrected chi connectivity index (χ0v) is 19.4. The first-order valence-corrected chi connectivity index (χ1v) is 11.2. The molecular weight excluding hydrogens is 442 g/mol. The molecular formula is C24H28BrN3O2. The first kappa shape index (κ1) is 21.1. The molecule has 4 rings (SSSR count). The van der Waals surface area contributed by atoms with Gasteiger partial charge in [0.1, 0.15) is 5.41 Å². The summed E-state index contributed by atoms with van der Waals surface area (Å²) in [6, 6.07) is 15.3. The largest absolute Gasteiger partial charge is 0.347 e. The summed E-state index contributed by atoms with van der Waals surface area (Å²) in [4.78, 5) is 28.7. The Balaban J connectivity index is 1.98. The third-order valence-corrected chi connectivity index (χ3v) is 6.87. The Labute approximate surface area is 186 Å². The van der Waals surface area contributed by atoms with Crippen LogP contribution in [0.4, 0.5) is 5.69 Å². The molecule has 2 amide bonds. The Morgan fingerprint density at radius 3 is 2.50 bits per heavy atom. The molecule has 2 aromatic carbocycles. The van der Waals surface area contributed by atoms with Crippen LogP contribution in [0.3, 0.4) is 0 Å². The Morgan fingerprint density at radius 2 is 1.87 bits per heavy atom. The number of carbonyl (C=O) groups excluding carboxylic acids is 2. The normalized spacial score (nSPS) is 27.4. The molecule has 2 aromatic rings. The second-order valence-corrected chi connectivity index (χ2v) is 9.88. The van der Waals surface area contributed by atoms with Gasteiger partial charge in [-0.05, 0) is 35.6 Å². The molecule has 2 aliphatic rings. The first-order valence-electron chi connectivity index (χ1n) is 10.4. The van der Waals surface area contributed by atoms with Crippen molar-refractivity contribution in [2.75, 3.05) is 19.4 Å². The van der Waals surface area contributed by atoms with Crippen molar-refractivity contribution in [3.63, 3.8) is 0 Å². The van der Waals surface area contributed by atoms with Crippen molar-refractivity contribution in [1.29, 1.82) is 0 Å². The van der Waals surface area contributed by atoms with Crippen LogP contribution in [-0.2, 0) is 15.0 Å². The average molecular weight is 470 g/mol. The van der Waals surface area contributed by atoms with Crippen LogP contribution in [0, 0.1) is 5.92 Å². The number of likely N-dealkylation sites (N-methyl/N-ethyl adjacent to an activating group) is 1. The van der Waals surface area contributed by atoms with E-state index in [0.29, 0.717) is 5.92 Å².